The molecule has 0 saturated carbocycles. The molecule has 2 N–H and O–H groups in total. The largest absolute Gasteiger partial charge is 0.388 e. The van der Waals surface area contributed by atoms with Crippen LogP contribution in [0.1, 0.15) is 13.8 Å². The van der Waals surface area contributed by atoms with Gasteiger partial charge in [0.25, 0.3) is 0 Å². The Kier molecular flexibility index (Phi) is 6.86. The SMILES string of the molecule is CSCC(C)(O)CNCC(C)=CCl. The van der Waals surface area contributed by atoms with Crippen molar-refractivity contribution in [3.8, 4) is 0 Å². The first kappa shape index (κ1) is 13.3. The van der Waals surface area contributed by atoms with Crippen LogP contribution in [0.2, 0.25) is 0 Å². The minimum atomic E-state index is -0.633. The minimum absolute atomic E-state index is 0.593. The van der Waals surface area contributed by atoms with Crippen LogP contribution in [0.5, 0.6) is 0 Å². The Balaban J connectivity index is 3.63. The Labute approximate surface area is 89.7 Å². The Morgan fingerprint density at radius 1 is 1.69 bits per heavy atom. The summed E-state index contributed by atoms with van der Waals surface area (Å²) >= 11 is 7.14. The van der Waals surface area contributed by atoms with Gasteiger partial charge in [-0.2, -0.15) is 11.8 Å². The molecule has 0 aromatic heterocycles. The Bertz CT molecular complexity index is 171. The van der Waals surface area contributed by atoms with Gasteiger partial charge in [0.2, 0.25) is 0 Å². The van der Waals surface area contributed by atoms with Crippen LogP contribution in [-0.2, 0) is 0 Å². The van der Waals surface area contributed by atoms with Crippen LogP contribution in [-0.4, -0.2) is 35.8 Å². The second-order valence-corrected chi connectivity index (χ2v) is 4.57. The van der Waals surface area contributed by atoms with Gasteiger partial charge in [0.1, 0.15) is 0 Å². The van der Waals surface area contributed by atoms with E-state index >= 15 is 0 Å². The normalized spacial score (nSPS) is 17.2. The fourth-order valence-corrected chi connectivity index (χ4v) is 1.73. The van der Waals surface area contributed by atoms with E-state index in [2.05, 4.69) is 5.32 Å². The second-order valence-electron chi connectivity index (χ2n) is 3.49. The molecule has 4 heteroatoms. The molecule has 0 aromatic carbocycles. The summed E-state index contributed by atoms with van der Waals surface area (Å²) in [6, 6.07) is 0. The third-order valence-electron chi connectivity index (χ3n) is 1.55. The molecule has 0 bridgehead atoms. The summed E-state index contributed by atoms with van der Waals surface area (Å²) in [4.78, 5) is 0. The number of hydrogen-bond acceptors (Lipinski definition) is 3. The lowest BCUT2D eigenvalue weighted by Gasteiger charge is -2.22. The molecule has 0 spiro atoms. The molecule has 0 rings (SSSR count). The summed E-state index contributed by atoms with van der Waals surface area (Å²) in [5.41, 5.74) is 1.99. The molecule has 1 unspecified atom stereocenters. The van der Waals surface area contributed by atoms with Gasteiger partial charge in [-0.25, -0.2) is 0 Å². The zero-order valence-corrected chi connectivity index (χ0v) is 10.0. The van der Waals surface area contributed by atoms with Gasteiger partial charge in [-0.3, -0.25) is 0 Å². The summed E-state index contributed by atoms with van der Waals surface area (Å²) < 4.78 is 0. The number of hydrogen-bond donors (Lipinski definition) is 2. The number of aliphatic hydroxyl groups is 1. The van der Waals surface area contributed by atoms with E-state index < -0.39 is 5.60 Å². The maximum atomic E-state index is 9.76. The van der Waals surface area contributed by atoms with E-state index in [0.29, 0.717) is 6.54 Å². The highest BCUT2D eigenvalue weighted by molar-refractivity contribution is 7.98. The van der Waals surface area contributed by atoms with Gasteiger partial charge >= 0.3 is 0 Å². The van der Waals surface area contributed by atoms with E-state index in [9.17, 15) is 5.11 Å². The third-order valence-corrected chi connectivity index (χ3v) is 2.83. The first-order chi connectivity index (χ1) is 6.02. The topological polar surface area (TPSA) is 32.3 Å². The molecule has 0 saturated heterocycles. The first-order valence-corrected chi connectivity index (χ1v) is 6.03. The molecule has 0 fully saturated rings. The highest BCUT2D eigenvalue weighted by Gasteiger charge is 2.18. The van der Waals surface area contributed by atoms with Crippen molar-refractivity contribution in [2.75, 3.05) is 25.1 Å². The molecular formula is C9H18ClNOS. The molecule has 1 atom stereocenters. The van der Waals surface area contributed by atoms with Crippen molar-refractivity contribution in [1.82, 2.24) is 5.32 Å². The minimum Gasteiger partial charge on any atom is -0.388 e. The van der Waals surface area contributed by atoms with Crippen LogP contribution in [0, 0.1) is 0 Å². The van der Waals surface area contributed by atoms with Crippen LogP contribution in [0.4, 0.5) is 0 Å². The molecule has 0 radical (unpaired) electrons. The zero-order chi connectivity index (χ0) is 10.3. The van der Waals surface area contributed by atoms with Crippen LogP contribution in [0.3, 0.4) is 0 Å². The molecular weight excluding hydrogens is 206 g/mol. The fraction of sp³-hybridized carbons (Fsp3) is 0.778. The summed E-state index contributed by atoms with van der Waals surface area (Å²) in [5, 5.41) is 12.9. The number of halogens is 1. The molecule has 0 aliphatic rings. The van der Waals surface area contributed by atoms with Gasteiger partial charge in [0.15, 0.2) is 0 Å². The maximum absolute atomic E-state index is 9.76. The lowest BCUT2D eigenvalue weighted by molar-refractivity contribution is 0.0859. The molecule has 0 aliphatic heterocycles. The third kappa shape index (κ3) is 7.38. The summed E-state index contributed by atoms with van der Waals surface area (Å²) in [6.45, 7) is 5.10. The van der Waals surface area contributed by atoms with Crippen LogP contribution < -0.4 is 5.32 Å². The van der Waals surface area contributed by atoms with Crippen molar-refractivity contribution in [2.24, 2.45) is 0 Å². The quantitative estimate of drug-likeness (QED) is 0.721. The van der Waals surface area contributed by atoms with Gasteiger partial charge in [-0.15, -0.1) is 0 Å². The van der Waals surface area contributed by atoms with E-state index in [1.807, 2.05) is 20.1 Å². The molecule has 13 heavy (non-hydrogen) atoms. The van der Waals surface area contributed by atoms with Crippen molar-refractivity contribution in [3.05, 3.63) is 11.1 Å². The van der Waals surface area contributed by atoms with Crippen molar-refractivity contribution >= 4 is 23.4 Å². The lowest BCUT2D eigenvalue weighted by Crippen LogP contribution is -2.40. The van der Waals surface area contributed by atoms with Gasteiger partial charge in [0, 0.05) is 24.4 Å². The maximum Gasteiger partial charge on any atom is 0.0833 e. The van der Waals surface area contributed by atoms with Gasteiger partial charge in [0.05, 0.1) is 5.60 Å². The van der Waals surface area contributed by atoms with Gasteiger partial charge < -0.3 is 10.4 Å². The van der Waals surface area contributed by atoms with Crippen LogP contribution >= 0.6 is 23.4 Å². The predicted octanol–water partition coefficient (Wildman–Crippen LogP) is 1.83. The number of thioether (sulfide) groups is 1. The Hall–Kier alpha value is 0.300. The van der Waals surface area contributed by atoms with Gasteiger partial charge in [-0.05, 0) is 25.7 Å². The zero-order valence-electron chi connectivity index (χ0n) is 8.43. The molecule has 0 heterocycles. The second kappa shape index (κ2) is 6.71. The highest BCUT2D eigenvalue weighted by Crippen LogP contribution is 2.09. The standard InChI is InChI=1S/C9H18ClNOS/c1-8(4-10)5-11-6-9(2,12)7-13-3/h4,11-12H,5-7H2,1-3H3. The summed E-state index contributed by atoms with van der Waals surface area (Å²) in [6.07, 6.45) is 1.98. The predicted molar refractivity (Wildman–Crippen MR) is 61.5 cm³/mol. The van der Waals surface area contributed by atoms with E-state index in [-0.39, 0.29) is 0 Å². The Morgan fingerprint density at radius 3 is 2.77 bits per heavy atom. The van der Waals surface area contributed by atoms with Crippen molar-refractivity contribution in [1.29, 1.82) is 0 Å². The Morgan fingerprint density at radius 2 is 2.31 bits per heavy atom. The summed E-state index contributed by atoms with van der Waals surface area (Å²) in [5.74, 6) is 0.740. The first-order valence-electron chi connectivity index (χ1n) is 4.20. The van der Waals surface area contributed by atoms with Crippen molar-refractivity contribution in [3.63, 3.8) is 0 Å². The molecule has 0 aliphatic carbocycles. The lowest BCUT2D eigenvalue weighted by atomic mass is 10.1. The van der Waals surface area contributed by atoms with E-state index in [4.69, 9.17) is 11.6 Å². The molecule has 0 aromatic rings. The number of rotatable bonds is 6. The summed E-state index contributed by atoms with van der Waals surface area (Å²) in [7, 11) is 0. The van der Waals surface area contributed by atoms with Crippen molar-refractivity contribution < 1.29 is 5.11 Å². The molecule has 0 amide bonds. The molecule has 2 nitrogen and oxygen atoms in total. The smallest absolute Gasteiger partial charge is 0.0833 e. The number of nitrogens with one attached hydrogen (secondary N) is 1. The monoisotopic (exact) mass is 223 g/mol. The van der Waals surface area contributed by atoms with Crippen molar-refractivity contribution in [2.45, 2.75) is 19.4 Å². The van der Waals surface area contributed by atoms with E-state index in [1.165, 1.54) is 0 Å². The fourth-order valence-electron chi connectivity index (χ4n) is 0.930. The average Bonchev–Trinajstić information content (AvgIpc) is 2.03. The van der Waals surface area contributed by atoms with Gasteiger partial charge in [-0.1, -0.05) is 11.6 Å². The molecule has 78 valence electrons. The van der Waals surface area contributed by atoms with Crippen LogP contribution in [0.15, 0.2) is 11.1 Å². The average molecular weight is 224 g/mol. The van der Waals surface area contributed by atoms with E-state index in [0.717, 1.165) is 17.9 Å². The van der Waals surface area contributed by atoms with E-state index in [1.54, 1.807) is 17.3 Å². The highest BCUT2D eigenvalue weighted by atomic mass is 35.5. The van der Waals surface area contributed by atoms with Crippen LogP contribution in [0.25, 0.3) is 0 Å².